The number of aromatic nitrogens is 2. The lowest BCUT2D eigenvalue weighted by atomic mass is 10.1. The fourth-order valence-electron chi connectivity index (χ4n) is 1.07. The van der Waals surface area contributed by atoms with Gasteiger partial charge in [0.05, 0.1) is 5.69 Å². The molecule has 0 spiro atoms. The van der Waals surface area contributed by atoms with Gasteiger partial charge in [-0.15, -0.1) is 0 Å². The van der Waals surface area contributed by atoms with Crippen molar-refractivity contribution >= 4 is 0 Å². The molecule has 0 aliphatic carbocycles. The number of nitrogens with two attached hydrogens (primary N) is 1. The summed E-state index contributed by atoms with van der Waals surface area (Å²) in [5.74, 6) is 0. The van der Waals surface area contributed by atoms with E-state index in [9.17, 15) is 0 Å². The number of hydrogen-bond acceptors (Lipinski definition) is 4. The normalized spacial score (nSPS) is 11.5. The van der Waals surface area contributed by atoms with E-state index in [-0.39, 0.29) is 5.60 Å². The van der Waals surface area contributed by atoms with E-state index in [4.69, 9.17) is 10.5 Å². The van der Waals surface area contributed by atoms with Crippen LogP contribution in [0.15, 0.2) is 6.07 Å². The van der Waals surface area contributed by atoms with Gasteiger partial charge in [0, 0.05) is 12.2 Å². The highest BCUT2D eigenvalue weighted by Gasteiger charge is 2.18. The largest absolute Gasteiger partial charge is 0.457 e. The first-order chi connectivity index (χ1) is 6.96. The summed E-state index contributed by atoms with van der Waals surface area (Å²) >= 11 is 0. The van der Waals surface area contributed by atoms with Crippen molar-refractivity contribution in [2.45, 2.75) is 46.3 Å². The minimum atomic E-state index is -0.236. The van der Waals surface area contributed by atoms with E-state index in [1.807, 2.05) is 26.8 Å². The van der Waals surface area contributed by atoms with Crippen LogP contribution in [-0.2, 0) is 6.54 Å². The Labute approximate surface area is 90.9 Å². The summed E-state index contributed by atoms with van der Waals surface area (Å²) in [5.41, 5.74) is 6.99. The van der Waals surface area contributed by atoms with Gasteiger partial charge in [0.1, 0.15) is 5.60 Å². The van der Waals surface area contributed by atoms with Gasteiger partial charge in [-0.25, -0.2) is 4.98 Å². The van der Waals surface area contributed by atoms with Crippen molar-refractivity contribution in [3.05, 3.63) is 17.5 Å². The first-order valence-electron chi connectivity index (χ1n) is 5.20. The summed E-state index contributed by atoms with van der Waals surface area (Å²) in [4.78, 5) is 8.45. The van der Waals surface area contributed by atoms with E-state index in [0.29, 0.717) is 12.6 Å². The van der Waals surface area contributed by atoms with Crippen LogP contribution in [0.5, 0.6) is 6.01 Å². The van der Waals surface area contributed by atoms with E-state index in [2.05, 4.69) is 16.9 Å². The summed E-state index contributed by atoms with van der Waals surface area (Å²) < 4.78 is 5.70. The van der Waals surface area contributed by atoms with Crippen LogP contribution in [0.1, 0.15) is 38.6 Å². The van der Waals surface area contributed by atoms with Gasteiger partial charge in [-0.2, -0.15) is 4.98 Å². The standard InChI is InChI=1S/C11H19N3O/c1-5-11(3,4)15-10-13-8(2)6-9(7-12)14-10/h6H,5,7,12H2,1-4H3. The van der Waals surface area contributed by atoms with Gasteiger partial charge in [-0.3, -0.25) is 0 Å². The monoisotopic (exact) mass is 209 g/mol. The number of rotatable bonds is 4. The molecule has 4 heteroatoms. The minimum Gasteiger partial charge on any atom is -0.457 e. The number of ether oxygens (including phenoxy) is 1. The van der Waals surface area contributed by atoms with Crippen LogP contribution in [0.2, 0.25) is 0 Å². The molecule has 2 N–H and O–H groups in total. The van der Waals surface area contributed by atoms with Crippen molar-refractivity contribution in [2.75, 3.05) is 0 Å². The summed E-state index contributed by atoms with van der Waals surface area (Å²) in [7, 11) is 0. The highest BCUT2D eigenvalue weighted by Crippen LogP contribution is 2.17. The SMILES string of the molecule is CCC(C)(C)Oc1nc(C)cc(CN)n1. The molecule has 84 valence electrons. The zero-order valence-electron chi connectivity index (χ0n) is 9.87. The molecular formula is C11H19N3O. The van der Waals surface area contributed by atoms with E-state index in [0.717, 1.165) is 17.8 Å². The molecule has 0 radical (unpaired) electrons. The molecule has 0 saturated heterocycles. The zero-order valence-corrected chi connectivity index (χ0v) is 9.87. The van der Waals surface area contributed by atoms with Gasteiger partial charge < -0.3 is 10.5 Å². The molecule has 0 aliphatic heterocycles. The molecule has 0 fully saturated rings. The number of hydrogen-bond donors (Lipinski definition) is 1. The predicted molar refractivity (Wildman–Crippen MR) is 59.7 cm³/mol. The third kappa shape index (κ3) is 3.47. The van der Waals surface area contributed by atoms with Crippen molar-refractivity contribution < 1.29 is 4.74 Å². The topological polar surface area (TPSA) is 61.0 Å². The Hall–Kier alpha value is -1.16. The van der Waals surface area contributed by atoms with Crippen LogP contribution >= 0.6 is 0 Å². The lowest BCUT2D eigenvalue weighted by Gasteiger charge is -2.23. The number of nitrogens with zero attached hydrogens (tertiary/aromatic N) is 2. The molecule has 15 heavy (non-hydrogen) atoms. The second-order valence-electron chi connectivity index (χ2n) is 4.20. The van der Waals surface area contributed by atoms with Gasteiger partial charge in [0.25, 0.3) is 0 Å². The van der Waals surface area contributed by atoms with Crippen LogP contribution in [0, 0.1) is 6.92 Å². The molecule has 4 nitrogen and oxygen atoms in total. The predicted octanol–water partition coefficient (Wildman–Crippen LogP) is 1.81. The average Bonchev–Trinajstić information content (AvgIpc) is 2.16. The smallest absolute Gasteiger partial charge is 0.317 e. The van der Waals surface area contributed by atoms with Crippen molar-refractivity contribution in [1.29, 1.82) is 0 Å². The first-order valence-corrected chi connectivity index (χ1v) is 5.20. The molecule has 1 aromatic heterocycles. The zero-order chi connectivity index (χ0) is 11.5. The van der Waals surface area contributed by atoms with Crippen LogP contribution in [-0.4, -0.2) is 15.6 Å². The Morgan fingerprint density at radius 2 is 2.07 bits per heavy atom. The molecule has 1 heterocycles. The number of aryl methyl sites for hydroxylation is 1. The molecule has 0 amide bonds. The fraction of sp³-hybridized carbons (Fsp3) is 0.636. The highest BCUT2D eigenvalue weighted by molar-refractivity contribution is 5.12. The fourth-order valence-corrected chi connectivity index (χ4v) is 1.07. The van der Waals surface area contributed by atoms with E-state index >= 15 is 0 Å². The quantitative estimate of drug-likeness (QED) is 0.821. The Kier molecular flexibility index (Phi) is 3.63. The maximum atomic E-state index is 5.70. The summed E-state index contributed by atoms with van der Waals surface area (Å²) in [5, 5.41) is 0. The molecular weight excluding hydrogens is 190 g/mol. The van der Waals surface area contributed by atoms with Crippen molar-refractivity contribution in [1.82, 2.24) is 9.97 Å². The highest BCUT2D eigenvalue weighted by atomic mass is 16.5. The molecule has 0 aliphatic rings. The van der Waals surface area contributed by atoms with Crippen molar-refractivity contribution in [3.8, 4) is 6.01 Å². The van der Waals surface area contributed by atoms with Crippen molar-refractivity contribution in [3.63, 3.8) is 0 Å². The van der Waals surface area contributed by atoms with Gasteiger partial charge in [0.15, 0.2) is 0 Å². The third-order valence-electron chi connectivity index (χ3n) is 2.31. The van der Waals surface area contributed by atoms with Gasteiger partial charge in [-0.1, -0.05) is 6.92 Å². The van der Waals surface area contributed by atoms with Gasteiger partial charge in [-0.05, 0) is 33.3 Å². The van der Waals surface area contributed by atoms with Crippen LogP contribution in [0.4, 0.5) is 0 Å². The molecule has 0 aromatic carbocycles. The Bertz CT molecular complexity index is 337. The van der Waals surface area contributed by atoms with E-state index in [1.165, 1.54) is 0 Å². The summed E-state index contributed by atoms with van der Waals surface area (Å²) in [6, 6.07) is 2.29. The average molecular weight is 209 g/mol. The maximum absolute atomic E-state index is 5.70. The minimum absolute atomic E-state index is 0.236. The Balaban J connectivity index is 2.90. The van der Waals surface area contributed by atoms with E-state index in [1.54, 1.807) is 0 Å². The van der Waals surface area contributed by atoms with Gasteiger partial charge in [0.2, 0.25) is 0 Å². The van der Waals surface area contributed by atoms with Gasteiger partial charge >= 0.3 is 6.01 Å². The summed E-state index contributed by atoms with van der Waals surface area (Å²) in [6.45, 7) is 8.42. The molecule has 0 saturated carbocycles. The molecule has 0 bridgehead atoms. The first kappa shape index (κ1) is 11.9. The molecule has 1 aromatic rings. The van der Waals surface area contributed by atoms with Crippen molar-refractivity contribution in [2.24, 2.45) is 5.73 Å². The Morgan fingerprint density at radius 1 is 1.40 bits per heavy atom. The lowest BCUT2D eigenvalue weighted by molar-refractivity contribution is 0.0919. The third-order valence-corrected chi connectivity index (χ3v) is 2.31. The van der Waals surface area contributed by atoms with Crippen LogP contribution in [0.25, 0.3) is 0 Å². The molecule has 0 atom stereocenters. The second-order valence-corrected chi connectivity index (χ2v) is 4.20. The molecule has 1 rings (SSSR count). The van der Waals surface area contributed by atoms with E-state index < -0.39 is 0 Å². The maximum Gasteiger partial charge on any atom is 0.317 e. The second kappa shape index (κ2) is 4.57. The lowest BCUT2D eigenvalue weighted by Crippen LogP contribution is -2.28. The summed E-state index contributed by atoms with van der Waals surface area (Å²) in [6.07, 6.45) is 0.905. The van der Waals surface area contributed by atoms with Crippen LogP contribution < -0.4 is 10.5 Å². The molecule has 0 unspecified atom stereocenters. The Morgan fingerprint density at radius 3 is 2.60 bits per heavy atom. The van der Waals surface area contributed by atoms with Crippen LogP contribution in [0.3, 0.4) is 0 Å².